The van der Waals surface area contributed by atoms with Crippen molar-refractivity contribution in [1.29, 1.82) is 0 Å². The molecule has 2 aliphatic carbocycles. The van der Waals surface area contributed by atoms with Crippen LogP contribution in [0, 0.1) is 11.8 Å². The van der Waals surface area contributed by atoms with E-state index >= 15 is 0 Å². The quantitative estimate of drug-likeness (QED) is 0.704. The number of hydrogen-bond acceptors (Lipinski definition) is 1. The molecule has 2 bridgehead atoms. The van der Waals surface area contributed by atoms with Gasteiger partial charge in [-0.3, -0.25) is 4.79 Å². The fourth-order valence-electron chi connectivity index (χ4n) is 2.94. The lowest BCUT2D eigenvalue weighted by Crippen LogP contribution is -2.13. The first-order chi connectivity index (χ1) is 7.24. The van der Waals surface area contributed by atoms with Crippen LogP contribution in [0.4, 0.5) is 0 Å². The minimum atomic E-state index is 0.311. The zero-order valence-corrected chi connectivity index (χ0v) is 10.1. The Balaban J connectivity index is 2.06. The summed E-state index contributed by atoms with van der Waals surface area (Å²) in [7, 11) is 0. The number of halogens is 1. The van der Waals surface area contributed by atoms with Gasteiger partial charge in [-0.05, 0) is 48.9 Å². The molecule has 0 amide bonds. The topological polar surface area (TPSA) is 17.1 Å². The number of carbonyl (C=O) groups excluding carboxylic acids is 1. The summed E-state index contributed by atoms with van der Waals surface area (Å²) in [5, 5.41) is 0. The van der Waals surface area contributed by atoms with Crippen molar-refractivity contribution in [1.82, 2.24) is 0 Å². The molecular weight excluding hydrogens is 252 g/mol. The van der Waals surface area contributed by atoms with Crippen LogP contribution in [0.25, 0.3) is 0 Å². The Bertz CT molecular complexity index is 425. The van der Waals surface area contributed by atoms with Crippen LogP contribution in [0.2, 0.25) is 0 Å². The van der Waals surface area contributed by atoms with Gasteiger partial charge >= 0.3 is 0 Å². The summed E-state index contributed by atoms with van der Waals surface area (Å²) in [5.74, 6) is 1.14. The molecule has 15 heavy (non-hydrogen) atoms. The second kappa shape index (κ2) is 3.44. The number of ketones is 1. The standard InChI is InChI=1S/C13H13BrO/c14-12-4-3-8-5-9-1-2-10(13(9)15)6-11(8)7-12/h3-4,7,9-10H,1-2,5-6H2/t9-,10-/m1/s1. The third-order valence-electron chi connectivity index (χ3n) is 3.77. The number of hydrogen-bond donors (Lipinski definition) is 0. The molecule has 0 spiro atoms. The molecule has 2 heteroatoms. The molecule has 2 atom stereocenters. The van der Waals surface area contributed by atoms with E-state index in [2.05, 4.69) is 34.1 Å². The second-order valence-electron chi connectivity index (χ2n) is 4.69. The summed E-state index contributed by atoms with van der Waals surface area (Å²) < 4.78 is 1.13. The molecule has 78 valence electrons. The van der Waals surface area contributed by atoms with Gasteiger partial charge in [0.15, 0.2) is 0 Å². The molecular formula is C13H13BrO. The average Bonchev–Trinajstić information content (AvgIpc) is 2.44. The predicted octanol–water partition coefficient (Wildman–Crippen LogP) is 3.14. The van der Waals surface area contributed by atoms with Gasteiger partial charge in [0, 0.05) is 16.3 Å². The van der Waals surface area contributed by atoms with E-state index in [1.165, 1.54) is 11.1 Å². The van der Waals surface area contributed by atoms with E-state index in [1.54, 1.807) is 0 Å². The van der Waals surface area contributed by atoms with Crippen LogP contribution in [-0.4, -0.2) is 5.78 Å². The Kier molecular flexibility index (Phi) is 2.20. The van der Waals surface area contributed by atoms with Gasteiger partial charge in [-0.25, -0.2) is 0 Å². The Morgan fingerprint density at radius 3 is 2.47 bits per heavy atom. The predicted molar refractivity (Wildman–Crippen MR) is 62.8 cm³/mol. The Morgan fingerprint density at radius 1 is 1.07 bits per heavy atom. The van der Waals surface area contributed by atoms with Gasteiger partial charge < -0.3 is 0 Å². The van der Waals surface area contributed by atoms with Gasteiger partial charge in [0.2, 0.25) is 0 Å². The smallest absolute Gasteiger partial charge is 0.139 e. The van der Waals surface area contributed by atoms with Crippen molar-refractivity contribution in [3.63, 3.8) is 0 Å². The van der Waals surface area contributed by atoms with E-state index in [-0.39, 0.29) is 0 Å². The van der Waals surface area contributed by atoms with Crippen molar-refractivity contribution in [3.05, 3.63) is 33.8 Å². The molecule has 0 heterocycles. The molecule has 3 rings (SSSR count). The van der Waals surface area contributed by atoms with E-state index < -0.39 is 0 Å². The van der Waals surface area contributed by atoms with E-state index in [9.17, 15) is 4.79 Å². The number of rotatable bonds is 0. The molecule has 0 unspecified atom stereocenters. The maximum atomic E-state index is 11.9. The largest absolute Gasteiger partial charge is 0.299 e. The highest BCUT2D eigenvalue weighted by atomic mass is 79.9. The van der Waals surface area contributed by atoms with Gasteiger partial charge in [0.1, 0.15) is 5.78 Å². The van der Waals surface area contributed by atoms with E-state index in [0.717, 1.165) is 30.2 Å². The van der Waals surface area contributed by atoms with Gasteiger partial charge in [-0.1, -0.05) is 22.0 Å². The molecule has 1 nitrogen and oxygen atoms in total. The third kappa shape index (κ3) is 1.55. The normalized spacial score (nSPS) is 28.7. The molecule has 0 radical (unpaired) electrons. The van der Waals surface area contributed by atoms with E-state index in [1.807, 2.05) is 0 Å². The van der Waals surface area contributed by atoms with Crippen LogP contribution in [0.5, 0.6) is 0 Å². The van der Waals surface area contributed by atoms with Gasteiger partial charge in [-0.2, -0.15) is 0 Å². The summed E-state index contributed by atoms with van der Waals surface area (Å²) in [6, 6.07) is 6.44. The first kappa shape index (κ1) is 9.59. The molecule has 0 aromatic heterocycles. The second-order valence-corrected chi connectivity index (χ2v) is 5.61. The minimum Gasteiger partial charge on any atom is -0.299 e. The number of carbonyl (C=O) groups is 1. The Morgan fingerprint density at radius 2 is 1.73 bits per heavy atom. The zero-order chi connectivity index (χ0) is 10.4. The van der Waals surface area contributed by atoms with Crippen LogP contribution in [0.3, 0.4) is 0 Å². The van der Waals surface area contributed by atoms with Crippen LogP contribution < -0.4 is 0 Å². The summed E-state index contributed by atoms with van der Waals surface area (Å²) in [6.45, 7) is 0. The Labute approximate surface area is 98.0 Å². The first-order valence-electron chi connectivity index (χ1n) is 5.55. The molecule has 2 aliphatic rings. The van der Waals surface area contributed by atoms with Gasteiger partial charge in [-0.15, -0.1) is 0 Å². The molecule has 0 aliphatic heterocycles. The van der Waals surface area contributed by atoms with Crippen LogP contribution in [0.1, 0.15) is 24.0 Å². The lowest BCUT2D eigenvalue weighted by molar-refractivity contribution is -0.123. The van der Waals surface area contributed by atoms with Crippen LogP contribution in [-0.2, 0) is 17.6 Å². The van der Waals surface area contributed by atoms with E-state index in [0.29, 0.717) is 17.6 Å². The van der Waals surface area contributed by atoms with Crippen molar-refractivity contribution in [2.24, 2.45) is 11.8 Å². The number of fused-ring (bicyclic) bond motifs is 3. The maximum Gasteiger partial charge on any atom is 0.139 e. The molecule has 1 fully saturated rings. The average molecular weight is 265 g/mol. The lowest BCUT2D eigenvalue weighted by Gasteiger charge is -2.12. The van der Waals surface area contributed by atoms with Gasteiger partial charge in [0.05, 0.1) is 0 Å². The fourth-order valence-corrected chi connectivity index (χ4v) is 3.35. The summed E-state index contributed by atoms with van der Waals surface area (Å²) in [4.78, 5) is 11.9. The molecule has 1 aromatic carbocycles. The summed E-state index contributed by atoms with van der Waals surface area (Å²) in [5.41, 5.74) is 2.77. The van der Waals surface area contributed by atoms with Crippen molar-refractivity contribution in [2.75, 3.05) is 0 Å². The summed E-state index contributed by atoms with van der Waals surface area (Å²) in [6.07, 6.45) is 4.15. The molecule has 1 saturated carbocycles. The molecule has 0 saturated heterocycles. The first-order valence-corrected chi connectivity index (χ1v) is 6.34. The van der Waals surface area contributed by atoms with Gasteiger partial charge in [0.25, 0.3) is 0 Å². The van der Waals surface area contributed by atoms with Crippen LogP contribution >= 0.6 is 15.9 Å². The Hall–Kier alpha value is -0.630. The van der Waals surface area contributed by atoms with Crippen molar-refractivity contribution < 1.29 is 4.79 Å². The number of Topliss-reactive ketones (excluding diaryl/α,β-unsaturated/α-hetero) is 1. The maximum absolute atomic E-state index is 11.9. The lowest BCUT2D eigenvalue weighted by atomic mass is 9.94. The zero-order valence-electron chi connectivity index (χ0n) is 8.50. The van der Waals surface area contributed by atoms with E-state index in [4.69, 9.17) is 0 Å². The highest BCUT2D eigenvalue weighted by Gasteiger charge is 2.37. The summed E-state index contributed by atoms with van der Waals surface area (Å²) >= 11 is 3.50. The SMILES string of the molecule is O=C1[C@@H]2CC[C@@H]1Cc1cc(Br)ccc1C2. The van der Waals surface area contributed by atoms with Crippen molar-refractivity contribution in [2.45, 2.75) is 25.7 Å². The number of benzene rings is 1. The fraction of sp³-hybridized carbons (Fsp3) is 0.462. The third-order valence-corrected chi connectivity index (χ3v) is 4.26. The highest BCUT2D eigenvalue weighted by Crippen LogP contribution is 2.37. The monoisotopic (exact) mass is 264 g/mol. The molecule has 1 aromatic rings. The van der Waals surface area contributed by atoms with Crippen molar-refractivity contribution in [3.8, 4) is 0 Å². The highest BCUT2D eigenvalue weighted by molar-refractivity contribution is 9.10. The minimum absolute atomic E-state index is 0.311. The van der Waals surface area contributed by atoms with Crippen LogP contribution in [0.15, 0.2) is 22.7 Å². The van der Waals surface area contributed by atoms with Crippen molar-refractivity contribution >= 4 is 21.7 Å². The molecule has 0 N–H and O–H groups in total.